The largest absolute Gasteiger partial charge is 0.496 e. The summed E-state index contributed by atoms with van der Waals surface area (Å²) in [5.41, 5.74) is 2.86. The van der Waals surface area contributed by atoms with E-state index in [9.17, 15) is 4.79 Å². The van der Waals surface area contributed by atoms with Crippen LogP contribution in [0, 0.1) is 24.7 Å². The Hall–Kier alpha value is -4.22. The van der Waals surface area contributed by atoms with Gasteiger partial charge in [0.2, 0.25) is 0 Å². The SMILES string of the molecule is C#C.C(#Cc1cccnc1)c1ccccc1.COc1ccccc1[C@H]1CNC(=O)O1. The number of para-hydroxylation sites is 1. The lowest BCUT2D eigenvalue weighted by Crippen LogP contribution is -2.12. The number of terminal acetylenes is 1. The molecule has 1 N–H and O–H groups in total. The molecule has 0 unspecified atom stereocenters. The number of ether oxygens (including phenoxy) is 2. The third kappa shape index (κ3) is 6.74. The summed E-state index contributed by atoms with van der Waals surface area (Å²) in [5.74, 6) is 6.86. The van der Waals surface area contributed by atoms with Crippen LogP contribution in [0.25, 0.3) is 0 Å². The molecule has 1 atom stereocenters. The number of carbonyl (C=O) groups excluding carboxylic acids is 1. The molecule has 3 aromatic rings. The molecule has 5 nitrogen and oxygen atoms in total. The molecule has 0 saturated carbocycles. The minimum absolute atomic E-state index is 0.237. The average molecular weight is 398 g/mol. The van der Waals surface area contributed by atoms with Gasteiger partial charge in [0.25, 0.3) is 0 Å². The first-order chi connectivity index (χ1) is 14.8. The van der Waals surface area contributed by atoms with Crippen molar-refractivity contribution in [1.29, 1.82) is 0 Å². The van der Waals surface area contributed by atoms with Gasteiger partial charge < -0.3 is 14.8 Å². The molecule has 5 heteroatoms. The predicted molar refractivity (Wildman–Crippen MR) is 117 cm³/mol. The lowest BCUT2D eigenvalue weighted by atomic mass is 10.1. The standard InChI is InChI=1S/C13H9N.C10H11NO3.C2H2/c1-2-5-12(6-3-1)8-9-13-7-4-10-14-11-13;1-13-8-5-3-2-4-7(8)9-6-11-10(12)14-9;1-2/h1-7,10-11H;2-5,9H,6H2,1H3,(H,11,12);1-2H/t;9-;/m.1./s1. The van der Waals surface area contributed by atoms with Gasteiger partial charge in [0.15, 0.2) is 0 Å². The first-order valence-electron chi connectivity index (χ1n) is 9.14. The maximum atomic E-state index is 10.9. The lowest BCUT2D eigenvalue weighted by molar-refractivity contribution is 0.139. The number of aromatic nitrogens is 1. The van der Waals surface area contributed by atoms with Crippen molar-refractivity contribution in [3.8, 4) is 30.4 Å². The van der Waals surface area contributed by atoms with Gasteiger partial charge in [-0.1, -0.05) is 48.2 Å². The minimum Gasteiger partial charge on any atom is -0.496 e. The lowest BCUT2D eigenvalue weighted by Gasteiger charge is -2.11. The van der Waals surface area contributed by atoms with E-state index in [2.05, 4.69) is 35.0 Å². The maximum Gasteiger partial charge on any atom is 0.407 e. The topological polar surface area (TPSA) is 60.5 Å². The Morgan fingerprint density at radius 1 is 1.00 bits per heavy atom. The number of alkyl carbamates (subject to hydrolysis) is 1. The van der Waals surface area contributed by atoms with Gasteiger partial charge in [-0.3, -0.25) is 4.98 Å². The van der Waals surface area contributed by atoms with Crippen LogP contribution in [0.5, 0.6) is 5.75 Å². The number of nitrogens with zero attached hydrogens (tertiary/aromatic N) is 1. The zero-order valence-corrected chi connectivity index (χ0v) is 16.6. The fourth-order valence-electron chi connectivity index (χ4n) is 2.60. The van der Waals surface area contributed by atoms with E-state index in [1.165, 1.54) is 0 Å². The zero-order valence-electron chi connectivity index (χ0n) is 16.6. The molecular formula is C25H22N2O3. The van der Waals surface area contributed by atoms with Crippen LogP contribution >= 0.6 is 0 Å². The first kappa shape index (κ1) is 22.1. The van der Waals surface area contributed by atoms with Crippen molar-refractivity contribution in [3.63, 3.8) is 0 Å². The molecule has 0 bridgehead atoms. The van der Waals surface area contributed by atoms with Gasteiger partial charge in [0, 0.05) is 29.1 Å². The van der Waals surface area contributed by atoms with Gasteiger partial charge in [-0.15, -0.1) is 12.8 Å². The molecule has 30 heavy (non-hydrogen) atoms. The second-order valence-electron chi connectivity index (χ2n) is 5.87. The number of amides is 1. The van der Waals surface area contributed by atoms with E-state index in [1.54, 1.807) is 19.5 Å². The van der Waals surface area contributed by atoms with Gasteiger partial charge in [0.05, 0.1) is 13.7 Å². The Bertz CT molecular complexity index is 962. The Morgan fingerprint density at radius 2 is 1.67 bits per heavy atom. The van der Waals surface area contributed by atoms with Gasteiger partial charge in [-0.05, 0) is 30.3 Å². The number of carbonyl (C=O) groups is 1. The second kappa shape index (κ2) is 12.3. The van der Waals surface area contributed by atoms with Crippen LogP contribution in [0.15, 0.2) is 79.1 Å². The molecule has 2 heterocycles. The van der Waals surface area contributed by atoms with Crippen molar-refractivity contribution < 1.29 is 14.3 Å². The van der Waals surface area contributed by atoms with Crippen LogP contribution in [0.3, 0.4) is 0 Å². The third-order valence-electron chi connectivity index (χ3n) is 3.95. The number of methoxy groups -OCH3 is 1. The Balaban J connectivity index is 0.000000197. The second-order valence-corrected chi connectivity index (χ2v) is 5.87. The molecular weight excluding hydrogens is 376 g/mol. The molecule has 2 aromatic carbocycles. The van der Waals surface area contributed by atoms with Crippen LogP contribution in [-0.4, -0.2) is 24.7 Å². The van der Waals surface area contributed by atoms with Gasteiger partial charge in [-0.25, -0.2) is 4.79 Å². The summed E-state index contributed by atoms with van der Waals surface area (Å²) in [6.07, 6.45) is 10.9. The Kier molecular flexibility index (Phi) is 9.04. The minimum atomic E-state index is -0.374. The fraction of sp³-hybridized carbons (Fsp3) is 0.120. The Labute approximate surface area is 177 Å². The van der Waals surface area contributed by atoms with Gasteiger partial charge >= 0.3 is 6.09 Å². The highest BCUT2D eigenvalue weighted by Crippen LogP contribution is 2.28. The molecule has 0 aliphatic carbocycles. The molecule has 0 spiro atoms. The molecule has 0 radical (unpaired) electrons. The van der Waals surface area contributed by atoms with Crippen molar-refractivity contribution in [2.24, 2.45) is 0 Å². The smallest absolute Gasteiger partial charge is 0.407 e. The quantitative estimate of drug-likeness (QED) is 0.657. The van der Waals surface area contributed by atoms with E-state index < -0.39 is 0 Å². The summed E-state index contributed by atoms with van der Waals surface area (Å²) in [6, 6.07) is 21.3. The van der Waals surface area contributed by atoms with Gasteiger partial charge in [-0.2, -0.15) is 0 Å². The zero-order chi connectivity index (χ0) is 21.6. The number of pyridine rings is 1. The van der Waals surface area contributed by atoms with Crippen LogP contribution in [-0.2, 0) is 4.74 Å². The third-order valence-corrected chi connectivity index (χ3v) is 3.95. The molecule has 1 saturated heterocycles. The monoisotopic (exact) mass is 398 g/mol. The predicted octanol–water partition coefficient (Wildman–Crippen LogP) is 4.21. The average Bonchev–Trinajstić information content (AvgIpc) is 3.27. The normalized spacial score (nSPS) is 13.6. The van der Waals surface area contributed by atoms with Crippen LogP contribution in [0.2, 0.25) is 0 Å². The summed E-state index contributed by atoms with van der Waals surface area (Å²) in [7, 11) is 1.60. The van der Waals surface area contributed by atoms with Crippen molar-refractivity contribution in [2.75, 3.05) is 13.7 Å². The van der Waals surface area contributed by atoms with Crippen molar-refractivity contribution in [1.82, 2.24) is 10.3 Å². The number of benzene rings is 2. The highest BCUT2D eigenvalue weighted by atomic mass is 16.6. The molecule has 1 fully saturated rings. The molecule has 1 aromatic heterocycles. The summed E-state index contributed by atoms with van der Waals surface area (Å²) >= 11 is 0. The number of nitrogens with one attached hydrogen (secondary N) is 1. The highest BCUT2D eigenvalue weighted by Gasteiger charge is 2.26. The fourth-order valence-corrected chi connectivity index (χ4v) is 2.60. The Morgan fingerprint density at radius 3 is 2.30 bits per heavy atom. The molecule has 1 aliphatic heterocycles. The molecule has 1 aliphatic rings. The van der Waals surface area contributed by atoms with Crippen LogP contribution in [0.4, 0.5) is 4.79 Å². The summed E-state index contributed by atoms with van der Waals surface area (Å²) in [5, 5.41) is 2.60. The van der Waals surface area contributed by atoms with Crippen molar-refractivity contribution in [2.45, 2.75) is 6.10 Å². The van der Waals surface area contributed by atoms with Crippen molar-refractivity contribution >= 4 is 6.09 Å². The van der Waals surface area contributed by atoms with Crippen molar-refractivity contribution in [3.05, 3.63) is 95.8 Å². The highest BCUT2D eigenvalue weighted by molar-refractivity contribution is 5.70. The van der Waals surface area contributed by atoms with Crippen LogP contribution in [0.1, 0.15) is 22.8 Å². The van der Waals surface area contributed by atoms with E-state index in [0.717, 1.165) is 22.4 Å². The van der Waals surface area contributed by atoms with E-state index in [0.29, 0.717) is 6.54 Å². The molecule has 150 valence electrons. The number of hydrogen-bond acceptors (Lipinski definition) is 4. The van der Waals surface area contributed by atoms with E-state index >= 15 is 0 Å². The number of cyclic esters (lactones) is 1. The number of hydrogen-bond donors (Lipinski definition) is 1. The summed E-state index contributed by atoms with van der Waals surface area (Å²) in [4.78, 5) is 14.8. The first-order valence-corrected chi connectivity index (χ1v) is 9.14. The maximum absolute atomic E-state index is 10.9. The molecule has 1 amide bonds. The summed E-state index contributed by atoms with van der Waals surface area (Å²) < 4.78 is 10.2. The van der Waals surface area contributed by atoms with E-state index in [1.807, 2.05) is 66.7 Å². The van der Waals surface area contributed by atoms with Gasteiger partial charge in [0.1, 0.15) is 11.9 Å². The van der Waals surface area contributed by atoms with Crippen LogP contribution < -0.4 is 10.1 Å². The molecule has 4 rings (SSSR count). The summed E-state index contributed by atoms with van der Waals surface area (Å²) in [6.45, 7) is 0.499. The van der Waals surface area contributed by atoms with E-state index in [-0.39, 0.29) is 12.2 Å². The number of rotatable bonds is 2. The van der Waals surface area contributed by atoms with E-state index in [4.69, 9.17) is 9.47 Å².